The molecule has 0 saturated heterocycles. The van der Waals surface area contributed by atoms with Crippen molar-refractivity contribution in [3.63, 3.8) is 0 Å². The predicted octanol–water partition coefficient (Wildman–Crippen LogP) is 3.39. The van der Waals surface area contributed by atoms with Crippen LogP contribution in [0, 0.1) is 0 Å². The fourth-order valence-corrected chi connectivity index (χ4v) is 1.47. The van der Waals surface area contributed by atoms with Crippen molar-refractivity contribution in [1.29, 1.82) is 0 Å². The summed E-state index contributed by atoms with van der Waals surface area (Å²) in [6.45, 7) is 0. The summed E-state index contributed by atoms with van der Waals surface area (Å²) in [4.78, 5) is 10.8. The van der Waals surface area contributed by atoms with Crippen molar-refractivity contribution in [2.45, 2.75) is 5.38 Å². The van der Waals surface area contributed by atoms with Crippen LogP contribution in [0.25, 0.3) is 0 Å². The van der Waals surface area contributed by atoms with Gasteiger partial charge in [-0.3, -0.25) is 4.79 Å². The van der Waals surface area contributed by atoms with Crippen molar-refractivity contribution in [2.24, 2.45) is 0 Å². The quantitative estimate of drug-likeness (QED) is 0.610. The average molecular weight is 254 g/mol. The van der Waals surface area contributed by atoms with E-state index in [9.17, 15) is 4.79 Å². The molecule has 1 aromatic carbocycles. The molecule has 0 N–H and O–H groups in total. The monoisotopic (exact) mass is 252 g/mol. The zero-order chi connectivity index (χ0) is 10.7. The van der Waals surface area contributed by atoms with E-state index in [1.807, 2.05) is 0 Å². The van der Waals surface area contributed by atoms with Crippen molar-refractivity contribution >= 4 is 40.0 Å². The summed E-state index contributed by atoms with van der Waals surface area (Å²) in [5.41, 5.74) is 0.524. The lowest BCUT2D eigenvalue weighted by Crippen LogP contribution is -1.99. The van der Waals surface area contributed by atoms with E-state index in [-0.39, 0.29) is 0 Å². The Labute approximate surface area is 96.7 Å². The Morgan fingerprint density at radius 2 is 2.07 bits per heavy atom. The molecule has 0 fully saturated rings. The lowest BCUT2D eigenvalue weighted by molar-refractivity contribution is -0.111. The summed E-state index contributed by atoms with van der Waals surface area (Å²) >= 11 is 16.8. The first-order valence-corrected chi connectivity index (χ1v) is 4.91. The maximum Gasteiger partial charge on any atom is 0.244 e. The molecule has 1 aromatic rings. The summed E-state index contributed by atoms with van der Waals surface area (Å²) in [5, 5.41) is -1.09. The number of hydrogen-bond acceptors (Lipinski definition) is 2. The highest BCUT2D eigenvalue weighted by atomic mass is 35.5. The van der Waals surface area contributed by atoms with Crippen molar-refractivity contribution < 1.29 is 9.53 Å². The maximum absolute atomic E-state index is 10.8. The molecule has 0 radical (unpaired) electrons. The zero-order valence-corrected chi connectivity index (χ0v) is 9.53. The van der Waals surface area contributed by atoms with E-state index < -0.39 is 10.6 Å². The van der Waals surface area contributed by atoms with Crippen LogP contribution in [-0.4, -0.2) is 12.4 Å². The third-order valence-corrected chi connectivity index (χ3v) is 2.62. The number of carbonyl (C=O) groups excluding carboxylic acids is 1. The van der Waals surface area contributed by atoms with Gasteiger partial charge in [-0.25, -0.2) is 0 Å². The summed E-state index contributed by atoms with van der Waals surface area (Å²) in [6.07, 6.45) is 0. The first kappa shape index (κ1) is 11.6. The Balaban J connectivity index is 3.08. The summed E-state index contributed by atoms with van der Waals surface area (Å²) in [7, 11) is 1.50. The van der Waals surface area contributed by atoms with Crippen LogP contribution >= 0.6 is 34.8 Å². The van der Waals surface area contributed by atoms with Gasteiger partial charge >= 0.3 is 0 Å². The van der Waals surface area contributed by atoms with Crippen molar-refractivity contribution in [2.75, 3.05) is 7.11 Å². The number of ether oxygens (including phenoxy) is 1. The van der Waals surface area contributed by atoms with Gasteiger partial charge in [0.2, 0.25) is 5.24 Å². The minimum absolute atomic E-state index is 0.447. The Kier molecular flexibility index (Phi) is 4.05. The standard InChI is InChI=1S/C9H7Cl3O2/c1-14-7-3-5(2-6(10)4-7)8(11)9(12)13/h2-4,8H,1H3. The molecule has 0 amide bonds. The van der Waals surface area contributed by atoms with Crippen LogP contribution < -0.4 is 4.74 Å². The fourth-order valence-electron chi connectivity index (χ4n) is 0.980. The molecular formula is C9H7Cl3O2. The minimum atomic E-state index is -0.899. The number of hydrogen-bond donors (Lipinski definition) is 0. The summed E-state index contributed by atoms with van der Waals surface area (Å²) < 4.78 is 4.97. The molecule has 0 aliphatic rings. The Morgan fingerprint density at radius 1 is 1.43 bits per heavy atom. The third kappa shape index (κ3) is 2.77. The Bertz CT molecular complexity index is 352. The van der Waals surface area contributed by atoms with E-state index in [1.54, 1.807) is 18.2 Å². The highest BCUT2D eigenvalue weighted by Crippen LogP contribution is 2.29. The molecule has 0 saturated carbocycles. The van der Waals surface area contributed by atoms with Crippen LogP contribution in [0.3, 0.4) is 0 Å². The van der Waals surface area contributed by atoms with E-state index in [4.69, 9.17) is 39.5 Å². The first-order valence-electron chi connectivity index (χ1n) is 3.72. The van der Waals surface area contributed by atoms with E-state index in [1.165, 1.54) is 7.11 Å². The highest BCUT2D eigenvalue weighted by molar-refractivity contribution is 6.68. The van der Waals surface area contributed by atoms with Gasteiger partial charge in [0.15, 0.2) is 0 Å². The van der Waals surface area contributed by atoms with Crippen molar-refractivity contribution in [3.05, 3.63) is 28.8 Å². The molecule has 0 heterocycles. The summed E-state index contributed by atoms with van der Waals surface area (Å²) in [5.74, 6) is 0.538. The van der Waals surface area contributed by atoms with Crippen molar-refractivity contribution in [3.8, 4) is 5.75 Å². The predicted molar refractivity (Wildman–Crippen MR) is 57.5 cm³/mol. The smallest absolute Gasteiger partial charge is 0.244 e. The first-order chi connectivity index (χ1) is 6.54. The van der Waals surface area contributed by atoms with Crippen LogP contribution in [0.2, 0.25) is 5.02 Å². The van der Waals surface area contributed by atoms with Gasteiger partial charge in [0.25, 0.3) is 0 Å². The SMILES string of the molecule is COc1cc(Cl)cc(C(Cl)C(=O)Cl)c1. The number of alkyl halides is 1. The number of benzene rings is 1. The molecular weight excluding hydrogens is 246 g/mol. The second-order valence-corrected chi connectivity index (χ2v) is 3.84. The maximum atomic E-state index is 10.8. The van der Waals surface area contributed by atoms with Gasteiger partial charge in [0.1, 0.15) is 11.1 Å². The normalized spacial score (nSPS) is 12.3. The number of halogens is 3. The highest BCUT2D eigenvalue weighted by Gasteiger charge is 2.16. The number of carbonyl (C=O) groups is 1. The van der Waals surface area contributed by atoms with Gasteiger partial charge in [-0.15, -0.1) is 11.6 Å². The Morgan fingerprint density at radius 3 is 2.57 bits per heavy atom. The number of rotatable bonds is 3. The molecule has 0 aromatic heterocycles. The molecule has 1 unspecified atom stereocenters. The van der Waals surface area contributed by atoms with E-state index in [0.717, 1.165) is 0 Å². The molecule has 0 aliphatic heterocycles. The van der Waals surface area contributed by atoms with Gasteiger partial charge in [0.05, 0.1) is 7.11 Å². The third-order valence-electron chi connectivity index (χ3n) is 1.62. The molecule has 76 valence electrons. The molecule has 1 rings (SSSR count). The van der Waals surface area contributed by atoms with Gasteiger partial charge in [0, 0.05) is 5.02 Å². The molecule has 0 aliphatic carbocycles. The second-order valence-electron chi connectivity index (χ2n) is 2.59. The van der Waals surface area contributed by atoms with Gasteiger partial charge in [-0.1, -0.05) is 11.6 Å². The van der Waals surface area contributed by atoms with Crippen molar-refractivity contribution in [1.82, 2.24) is 0 Å². The lowest BCUT2D eigenvalue weighted by atomic mass is 10.1. The topological polar surface area (TPSA) is 26.3 Å². The van der Waals surface area contributed by atoms with E-state index in [0.29, 0.717) is 16.3 Å². The van der Waals surface area contributed by atoms with Crippen LogP contribution in [0.1, 0.15) is 10.9 Å². The van der Waals surface area contributed by atoms with Gasteiger partial charge < -0.3 is 4.74 Å². The lowest BCUT2D eigenvalue weighted by Gasteiger charge is -2.07. The van der Waals surface area contributed by atoms with Gasteiger partial charge in [-0.05, 0) is 35.4 Å². The van der Waals surface area contributed by atoms with Crippen LogP contribution in [0.5, 0.6) is 5.75 Å². The molecule has 14 heavy (non-hydrogen) atoms. The Hall–Kier alpha value is -0.440. The molecule has 1 atom stereocenters. The van der Waals surface area contributed by atoms with E-state index in [2.05, 4.69) is 0 Å². The van der Waals surface area contributed by atoms with Gasteiger partial charge in [-0.2, -0.15) is 0 Å². The van der Waals surface area contributed by atoms with Crippen LogP contribution in [0.4, 0.5) is 0 Å². The second kappa shape index (κ2) is 4.87. The summed E-state index contributed by atoms with van der Waals surface area (Å²) in [6, 6.07) is 4.80. The van der Waals surface area contributed by atoms with Crippen LogP contribution in [-0.2, 0) is 4.79 Å². The largest absolute Gasteiger partial charge is 0.497 e. The molecule has 5 heteroatoms. The number of methoxy groups -OCH3 is 1. The fraction of sp³-hybridized carbons (Fsp3) is 0.222. The van der Waals surface area contributed by atoms with E-state index >= 15 is 0 Å². The van der Waals surface area contributed by atoms with Crippen LogP contribution in [0.15, 0.2) is 18.2 Å². The zero-order valence-electron chi connectivity index (χ0n) is 7.26. The minimum Gasteiger partial charge on any atom is -0.497 e. The molecule has 0 spiro atoms. The molecule has 0 bridgehead atoms. The molecule has 2 nitrogen and oxygen atoms in total. The average Bonchev–Trinajstić information content (AvgIpc) is 2.15.